The monoisotopic (exact) mass is 524 g/mol. The predicted molar refractivity (Wildman–Crippen MR) is 132 cm³/mol. The van der Waals surface area contributed by atoms with Gasteiger partial charge in [0.05, 0.1) is 18.8 Å². The van der Waals surface area contributed by atoms with Crippen LogP contribution >= 0.6 is 35.3 Å². The van der Waals surface area contributed by atoms with Crippen molar-refractivity contribution in [3.05, 3.63) is 81.9 Å². The van der Waals surface area contributed by atoms with Crippen LogP contribution in [0.5, 0.6) is 0 Å². The SMILES string of the molecule is CN=C(NCc1ccccc1CN(C)Cc1ccco1)NC(C)c1cccs1.I. The molecule has 0 spiro atoms. The van der Waals surface area contributed by atoms with E-state index in [0.717, 1.165) is 31.4 Å². The molecule has 1 aromatic carbocycles. The lowest BCUT2D eigenvalue weighted by Crippen LogP contribution is -2.38. The number of rotatable bonds is 8. The van der Waals surface area contributed by atoms with Gasteiger partial charge in [-0.25, -0.2) is 0 Å². The molecule has 0 bridgehead atoms. The van der Waals surface area contributed by atoms with Gasteiger partial charge in [-0.05, 0) is 48.7 Å². The van der Waals surface area contributed by atoms with Gasteiger partial charge in [-0.1, -0.05) is 30.3 Å². The summed E-state index contributed by atoms with van der Waals surface area (Å²) in [6.07, 6.45) is 1.72. The van der Waals surface area contributed by atoms with Gasteiger partial charge in [0.1, 0.15) is 5.76 Å². The quantitative estimate of drug-likeness (QED) is 0.247. The number of halogens is 1. The summed E-state index contributed by atoms with van der Waals surface area (Å²) in [6.45, 7) is 4.52. The molecule has 1 atom stereocenters. The Balaban J connectivity index is 0.00000300. The van der Waals surface area contributed by atoms with E-state index >= 15 is 0 Å². The summed E-state index contributed by atoms with van der Waals surface area (Å²) in [5.41, 5.74) is 2.56. The van der Waals surface area contributed by atoms with Crippen LogP contribution in [0.3, 0.4) is 0 Å². The van der Waals surface area contributed by atoms with Gasteiger partial charge in [-0.15, -0.1) is 35.3 Å². The molecule has 0 saturated carbocycles. The molecular formula is C22H29IN4OS. The van der Waals surface area contributed by atoms with Crippen molar-refractivity contribution in [2.75, 3.05) is 14.1 Å². The third-order valence-electron chi connectivity index (χ3n) is 4.56. The molecule has 7 heteroatoms. The lowest BCUT2D eigenvalue weighted by molar-refractivity contribution is 0.287. The summed E-state index contributed by atoms with van der Waals surface area (Å²) in [4.78, 5) is 7.92. The van der Waals surface area contributed by atoms with Crippen LogP contribution in [0.1, 0.15) is 34.7 Å². The number of nitrogens with one attached hydrogen (secondary N) is 2. The molecule has 2 heterocycles. The van der Waals surface area contributed by atoms with Crippen molar-refractivity contribution in [1.82, 2.24) is 15.5 Å². The van der Waals surface area contributed by atoms with Gasteiger partial charge in [0.2, 0.25) is 0 Å². The van der Waals surface area contributed by atoms with Gasteiger partial charge < -0.3 is 15.1 Å². The first kappa shape index (κ1) is 23.4. The Labute approximate surface area is 194 Å². The summed E-state index contributed by atoms with van der Waals surface area (Å²) < 4.78 is 5.46. The van der Waals surface area contributed by atoms with Gasteiger partial charge in [-0.2, -0.15) is 0 Å². The fraction of sp³-hybridized carbons (Fsp3) is 0.318. The van der Waals surface area contributed by atoms with E-state index in [4.69, 9.17) is 4.42 Å². The highest BCUT2D eigenvalue weighted by Crippen LogP contribution is 2.18. The number of hydrogen-bond acceptors (Lipinski definition) is 4. The van der Waals surface area contributed by atoms with Crippen molar-refractivity contribution in [3.8, 4) is 0 Å². The largest absolute Gasteiger partial charge is 0.468 e. The van der Waals surface area contributed by atoms with Crippen LogP contribution in [0, 0.1) is 0 Å². The molecule has 0 aliphatic heterocycles. The highest BCUT2D eigenvalue weighted by Gasteiger charge is 2.10. The molecule has 0 fully saturated rings. The smallest absolute Gasteiger partial charge is 0.191 e. The van der Waals surface area contributed by atoms with Crippen LogP contribution in [0.4, 0.5) is 0 Å². The average molecular weight is 524 g/mol. The highest BCUT2D eigenvalue weighted by molar-refractivity contribution is 14.0. The number of furan rings is 1. The van der Waals surface area contributed by atoms with Crippen LogP contribution in [0.2, 0.25) is 0 Å². The van der Waals surface area contributed by atoms with Crippen molar-refractivity contribution < 1.29 is 4.42 Å². The first-order valence-electron chi connectivity index (χ1n) is 9.44. The van der Waals surface area contributed by atoms with E-state index in [2.05, 4.69) is 76.3 Å². The van der Waals surface area contributed by atoms with Crippen LogP contribution in [-0.4, -0.2) is 25.0 Å². The molecule has 0 aliphatic carbocycles. The van der Waals surface area contributed by atoms with Crippen molar-refractivity contribution in [2.24, 2.45) is 4.99 Å². The zero-order valence-electron chi connectivity index (χ0n) is 17.1. The molecule has 2 N–H and O–H groups in total. The summed E-state index contributed by atoms with van der Waals surface area (Å²) >= 11 is 1.75. The maximum atomic E-state index is 5.46. The van der Waals surface area contributed by atoms with Gasteiger partial charge >= 0.3 is 0 Å². The normalized spacial score (nSPS) is 12.5. The fourth-order valence-corrected chi connectivity index (χ4v) is 3.82. The first-order chi connectivity index (χ1) is 13.7. The topological polar surface area (TPSA) is 52.8 Å². The standard InChI is InChI=1S/C22H28N4OS.HI/c1-17(21-11-7-13-28-21)25-22(23-2)24-14-18-8-4-5-9-19(18)15-26(3)16-20-10-6-12-27-20;/h4-13,17H,14-16H2,1-3H3,(H2,23,24,25);1H. The number of nitrogens with zero attached hydrogens (tertiary/aromatic N) is 2. The lowest BCUT2D eigenvalue weighted by atomic mass is 10.1. The molecule has 3 rings (SSSR count). The van der Waals surface area contributed by atoms with Gasteiger partial charge in [0.25, 0.3) is 0 Å². The number of aliphatic imine (C=N–C) groups is 1. The average Bonchev–Trinajstić information content (AvgIpc) is 3.40. The zero-order valence-corrected chi connectivity index (χ0v) is 20.2. The Bertz CT molecular complexity index is 865. The molecule has 3 aromatic rings. The summed E-state index contributed by atoms with van der Waals surface area (Å²) in [5, 5.41) is 9.00. The summed E-state index contributed by atoms with van der Waals surface area (Å²) in [5.74, 6) is 1.78. The van der Waals surface area contributed by atoms with Gasteiger partial charge in [0, 0.05) is 25.0 Å². The van der Waals surface area contributed by atoms with Gasteiger partial charge in [-0.3, -0.25) is 9.89 Å². The molecule has 2 aromatic heterocycles. The lowest BCUT2D eigenvalue weighted by Gasteiger charge is -2.20. The Morgan fingerprint density at radius 1 is 1.10 bits per heavy atom. The van der Waals surface area contributed by atoms with Crippen LogP contribution in [-0.2, 0) is 19.6 Å². The van der Waals surface area contributed by atoms with Crippen molar-refractivity contribution in [2.45, 2.75) is 32.6 Å². The Morgan fingerprint density at radius 2 is 1.90 bits per heavy atom. The molecule has 0 radical (unpaired) electrons. The van der Waals surface area contributed by atoms with E-state index in [-0.39, 0.29) is 30.0 Å². The molecule has 0 amide bonds. The second kappa shape index (κ2) is 12.0. The Hall–Kier alpha value is -1.84. The van der Waals surface area contributed by atoms with Gasteiger partial charge in [0.15, 0.2) is 5.96 Å². The van der Waals surface area contributed by atoms with E-state index in [1.54, 1.807) is 24.6 Å². The van der Waals surface area contributed by atoms with Crippen molar-refractivity contribution in [3.63, 3.8) is 0 Å². The molecule has 0 saturated heterocycles. The molecular weight excluding hydrogens is 495 g/mol. The molecule has 0 aliphatic rings. The van der Waals surface area contributed by atoms with Crippen LogP contribution in [0.25, 0.3) is 0 Å². The summed E-state index contributed by atoms with van der Waals surface area (Å²) in [7, 11) is 3.91. The maximum Gasteiger partial charge on any atom is 0.191 e. The van der Waals surface area contributed by atoms with E-state index in [1.165, 1.54) is 16.0 Å². The van der Waals surface area contributed by atoms with Crippen LogP contribution in [0.15, 0.2) is 69.6 Å². The third-order valence-corrected chi connectivity index (χ3v) is 5.61. The summed E-state index contributed by atoms with van der Waals surface area (Å²) in [6, 6.07) is 16.9. The first-order valence-corrected chi connectivity index (χ1v) is 10.3. The fourth-order valence-electron chi connectivity index (χ4n) is 3.09. The maximum absolute atomic E-state index is 5.46. The van der Waals surface area contributed by atoms with E-state index in [0.29, 0.717) is 0 Å². The van der Waals surface area contributed by atoms with E-state index < -0.39 is 0 Å². The Kier molecular flexibility index (Phi) is 9.69. The van der Waals surface area contributed by atoms with Crippen molar-refractivity contribution >= 4 is 41.3 Å². The number of guanidine groups is 1. The highest BCUT2D eigenvalue weighted by atomic mass is 127. The minimum atomic E-state index is 0. The second-order valence-corrected chi connectivity index (χ2v) is 7.81. The van der Waals surface area contributed by atoms with Crippen molar-refractivity contribution in [1.29, 1.82) is 0 Å². The number of thiophene rings is 1. The minimum Gasteiger partial charge on any atom is -0.468 e. The molecule has 29 heavy (non-hydrogen) atoms. The second-order valence-electron chi connectivity index (χ2n) is 6.83. The number of benzene rings is 1. The zero-order chi connectivity index (χ0) is 19.8. The van der Waals surface area contributed by atoms with E-state index in [9.17, 15) is 0 Å². The molecule has 1 unspecified atom stereocenters. The number of hydrogen-bond donors (Lipinski definition) is 2. The molecule has 5 nitrogen and oxygen atoms in total. The van der Waals surface area contributed by atoms with Crippen LogP contribution < -0.4 is 10.6 Å². The predicted octanol–water partition coefficient (Wildman–Crippen LogP) is 5.02. The Morgan fingerprint density at radius 3 is 2.55 bits per heavy atom. The minimum absolute atomic E-state index is 0. The molecule has 156 valence electrons. The van der Waals surface area contributed by atoms with E-state index in [1.807, 2.05) is 12.1 Å². The third kappa shape index (κ3) is 7.17.